The highest BCUT2D eigenvalue weighted by atomic mass is 16.4. The predicted molar refractivity (Wildman–Crippen MR) is 93.6 cm³/mol. The molecular weight excluding hydrogens is 304 g/mol. The Morgan fingerprint density at radius 3 is 1.42 bits per heavy atom. The number of carbonyl (C=O) groups is 2. The van der Waals surface area contributed by atoms with Crippen LogP contribution in [0.15, 0.2) is 11.1 Å². The summed E-state index contributed by atoms with van der Waals surface area (Å²) < 4.78 is 0. The van der Waals surface area contributed by atoms with Gasteiger partial charge in [0.15, 0.2) is 0 Å². The summed E-state index contributed by atoms with van der Waals surface area (Å²) in [7, 11) is 0. The zero-order chi connectivity index (χ0) is 18.0. The number of hydrogen-bond acceptors (Lipinski definition) is 2. The van der Waals surface area contributed by atoms with Gasteiger partial charge in [-0.1, -0.05) is 38.8 Å². The van der Waals surface area contributed by atoms with Gasteiger partial charge in [0.1, 0.15) is 0 Å². The topological polar surface area (TPSA) is 74.6 Å². The highest BCUT2D eigenvalue weighted by Gasteiger charge is 2.53. The summed E-state index contributed by atoms with van der Waals surface area (Å²) in [4.78, 5) is 23.7. The minimum absolute atomic E-state index is 0.0745. The van der Waals surface area contributed by atoms with Crippen LogP contribution in [0, 0.1) is 35.5 Å². The van der Waals surface area contributed by atoms with E-state index in [0.717, 1.165) is 38.5 Å². The van der Waals surface area contributed by atoms with Crippen molar-refractivity contribution in [1.82, 2.24) is 0 Å². The van der Waals surface area contributed by atoms with Crippen molar-refractivity contribution in [3.05, 3.63) is 11.1 Å². The van der Waals surface area contributed by atoms with E-state index >= 15 is 0 Å². The molecule has 0 spiro atoms. The van der Waals surface area contributed by atoms with Crippen molar-refractivity contribution in [2.45, 2.75) is 66.2 Å². The molecule has 3 aliphatic rings. The first-order chi connectivity index (χ1) is 11.2. The summed E-state index contributed by atoms with van der Waals surface area (Å²) >= 11 is 0. The van der Waals surface area contributed by atoms with Crippen molar-refractivity contribution < 1.29 is 19.8 Å². The Hall–Kier alpha value is -1.32. The number of fused-ring (bicyclic) bond motifs is 2. The molecule has 4 atom stereocenters. The molecule has 0 heterocycles. The zero-order valence-electron chi connectivity index (χ0n) is 15.4. The van der Waals surface area contributed by atoms with Crippen LogP contribution in [-0.2, 0) is 9.59 Å². The average Bonchev–Trinajstić information content (AvgIpc) is 2.49. The van der Waals surface area contributed by atoms with Gasteiger partial charge in [-0.15, -0.1) is 0 Å². The van der Waals surface area contributed by atoms with Crippen LogP contribution in [0.25, 0.3) is 0 Å². The lowest BCUT2D eigenvalue weighted by atomic mass is 9.55. The third kappa shape index (κ3) is 3.84. The maximum Gasteiger partial charge on any atom is 0.308 e. The average molecular weight is 336 g/mol. The summed E-state index contributed by atoms with van der Waals surface area (Å²) in [6.45, 7) is 8.74. The molecule has 3 aliphatic carbocycles. The monoisotopic (exact) mass is 336 g/mol. The molecular formula is C20H32O4. The molecule has 0 aromatic heterocycles. The molecule has 0 aromatic carbocycles. The first kappa shape index (κ1) is 19.0. The van der Waals surface area contributed by atoms with Crippen LogP contribution in [0.4, 0.5) is 0 Å². The molecule has 0 radical (unpaired) electrons. The molecule has 2 N–H and O–H groups in total. The van der Waals surface area contributed by atoms with Gasteiger partial charge in [-0.25, -0.2) is 0 Å². The molecule has 0 aliphatic heterocycles. The quantitative estimate of drug-likeness (QED) is 0.635. The molecule has 4 unspecified atom stereocenters. The van der Waals surface area contributed by atoms with E-state index in [4.69, 9.17) is 0 Å². The van der Waals surface area contributed by atoms with Gasteiger partial charge < -0.3 is 10.2 Å². The second-order valence-electron chi connectivity index (χ2n) is 8.43. The fourth-order valence-electron chi connectivity index (χ4n) is 4.71. The SMILES string of the molecule is CC(C)CCC1=C(CCC(C)C)C2CCC1C(C(=O)O)C2C(=O)O. The van der Waals surface area contributed by atoms with Gasteiger partial charge in [0.05, 0.1) is 11.8 Å². The fraction of sp³-hybridized carbons (Fsp3) is 0.800. The normalized spacial score (nSPS) is 29.6. The summed E-state index contributed by atoms with van der Waals surface area (Å²) in [5.74, 6) is -2.35. The van der Waals surface area contributed by atoms with E-state index in [1.807, 2.05) is 0 Å². The van der Waals surface area contributed by atoms with Gasteiger partial charge in [0.2, 0.25) is 0 Å². The first-order valence-corrected chi connectivity index (χ1v) is 9.41. The summed E-state index contributed by atoms with van der Waals surface area (Å²) in [5, 5.41) is 19.4. The molecule has 4 nitrogen and oxygen atoms in total. The maximum absolute atomic E-state index is 11.8. The van der Waals surface area contributed by atoms with Crippen LogP contribution in [-0.4, -0.2) is 22.2 Å². The largest absolute Gasteiger partial charge is 0.481 e. The summed E-state index contributed by atoms with van der Waals surface area (Å²) in [6.07, 6.45) is 5.64. The van der Waals surface area contributed by atoms with Gasteiger partial charge in [-0.3, -0.25) is 9.59 Å². The predicted octanol–water partition coefficient (Wildman–Crippen LogP) is 4.60. The Balaban J connectivity index is 2.40. The van der Waals surface area contributed by atoms with Crippen molar-refractivity contribution >= 4 is 11.9 Å². The highest BCUT2D eigenvalue weighted by Crippen LogP contribution is 2.54. The number of hydrogen-bond donors (Lipinski definition) is 2. The lowest BCUT2D eigenvalue weighted by Crippen LogP contribution is -2.49. The van der Waals surface area contributed by atoms with Crippen LogP contribution in [0.3, 0.4) is 0 Å². The third-order valence-corrected chi connectivity index (χ3v) is 5.90. The smallest absolute Gasteiger partial charge is 0.308 e. The van der Waals surface area contributed by atoms with E-state index in [0.29, 0.717) is 11.8 Å². The second kappa shape index (κ2) is 7.71. The molecule has 0 saturated heterocycles. The van der Waals surface area contributed by atoms with Crippen LogP contribution in [0.2, 0.25) is 0 Å². The minimum Gasteiger partial charge on any atom is -0.481 e. The number of aliphatic carboxylic acids is 2. The number of carboxylic acids is 2. The fourth-order valence-corrected chi connectivity index (χ4v) is 4.71. The van der Waals surface area contributed by atoms with E-state index < -0.39 is 23.8 Å². The molecule has 0 amide bonds. The van der Waals surface area contributed by atoms with Crippen molar-refractivity contribution in [2.75, 3.05) is 0 Å². The van der Waals surface area contributed by atoms with E-state index in [1.54, 1.807) is 0 Å². The molecule has 3 rings (SSSR count). The van der Waals surface area contributed by atoms with Gasteiger partial charge in [-0.05, 0) is 62.2 Å². The Bertz CT molecular complexity index is 472. The van der Waals surface area contributed by atoms with E-state index in [-0.39, 0.29) is 11.8 Å². The zero-order valence-corrected chi connectivity index (χ0v) is 15.4. The van der Waals surface area contributed by atoms with Crippen molar-refractivity contribution in [3.8, 4) is 0 Å². The number of allylic oxidation sites excluding steroid dienone is 2. The Morgan fingerprint density at radius 2 is 1.17 bits per heavy atom. The van der Waals surface area contributed by atoms with Crippen LogP contribution < -0.4 is 0 Å². The molecule has 2 bridgehead atoms. The molecule has 136 valence electrons. The second-order valence-corrected chi connectivity index (χ2v) is 8.43. The van der Waals surface area contributed by atoms with E-state index in [9.17, 15) is 19.8 Å². The Labute approximate surface area is 145 Å². The molecule has 1 saturated carbocycles. The standard InChI is InChI=1S/C20H32O4/c1-11(2)5-7-13-14(8-6-12(3)4)16-10-9-15(13)17(19(21)22)18(16)20(23)24/h11-12,15-18H,5-10H2,1-4H3,(H,21,22)(H,23,24). The lowest BCUT2D eigenvalue weighted by Gasteiger charge is -2.48. The van der Waals surface area contributed by atoms with Gasteiger partial charge >= 0.3 is 11.9 Å². The van der Waals surface area contributed by atoms with Gasteiger partial charge in [-0.2, -0.15) is 0 Å². The Kier molecular flexibility index (Phi) is 6.11. The summed E-state index contributed by atoms with van der Waals surface area (Å²) in [5.41, 5.74) is 2.59. The first-order valence-electron chi connectivity index (χ1n) is 9.41. The number of carboxylic acid groups (broad SMARTS) is 2. The Morgan fingerprint density at radius 1 is 0.833 bits per heavy atom. The minimum atomic E-state index is -0.929. The lowest BCUT2D eigenvalue weighted by molar-refractivity contribution is -0.161. The third-order valence-electron chi connectivity index (χ3n) is 5.90. The van der Waals surface area contributed by atoms with E-state index in [1.165, 1.54) is 11.1 Å². The van der Waals surface area contributed by atoms with E-state index in [2.05, 4.69) is 27.7 Å². The van der Waals surface area contributed by atoms with Crippen molar-refractivity contribution in [2.24, 2.45) is 35.5 Å². The van der Waals surface area contributed by atoms with Crippen LogP contribution >= 0.6 is 0 Å². The molecule has 24 heavy (non-hydrogen) atoms. The van der Waals surface area contributed by atoms with Gasteiger partial charge in [0.25, 0.3) is 0 Å². The number of rotatable bonds is 8. The summed E-state index contributed by atoms with van der Waals surface area (Å²) in [6, 6.07) is 0. The molecule has 0 aromatic rings. The molecule has 4 heteroatoms. The van der Waals surface area contributed by atoms with Crippen molar-refractivity contribution in [1.29, 1.82) is 0 Å². The molecule has 1 fully saturated rings. The van der Waals surface area contributed by atoms with Crippen LogP contribution in [0.5, 0.6) is 0 Å². The van der Waals surface area contributed by atoms with Crippen LogP contribution in [0.1, 0.15) is 66.2 Å². The van der Waals surface area contributed by atoms with Gasteiger partial charge in [0, 0.05) is 0 Å². The maximum atomic E-state index is 11.8. The van der Waals surface area contributed by atoms with Crippen molar-refractivity contribution in [3.63, 3.8) is 0 Å². The highest BCUT2D eigenvalue weighted by molar-refractivity contribution is 5.82.